The summed E-state index contributed by atoms with van der Waals surface area (Å²) in [6.45, 7) is 5.12. The first-order chi connectivity index (χ1) is 8.79. The van der Waals surface area contributed by atoms with E-state index in [1.54, 1.807) is 17.5 Å². The lowest BCUT2D eigenvalue weighted by Gasteiger charge is -2.07. The number of hydrogen-bond donors (Lipinski definition) is 0. The molecule has 0 radical (unpaired) electrons. The van der Waals surface area contributed by atoms with E-state index >= 15 is 0 Å². The highest BCUT2D eigenvalue weighted by Gasteiger charge is 2.10. The lowest BCUT2D eigenvalue weighted by atomic mass is 10.4. The molecule has 18 heavy (non-hydrogen) atoms. The Morgan fingerprint density at radius 2 is 2.28 bits per heavy atom. The van der Waals surface area contributed by atoms with E-state index in [0.29, 0.717) is 19.1 Å². The second kappa shape index (κ2) is 6.47. The highest BCUT2D eigenvalue weighted by molar-refractivity contribution is 7.09. The molecule has 2 heterocycles. The molecule has 0 amide bonds. The van der Waals surface area contributed by atoms with Gasteiger partial charge in [-0.1, -0.05) is 6.07 Å². The number of aromatic nitrogens is 2. The fourth-order valence-corrected chi connectivity index (χ4v) is 2.28. The van der Waals surface area contributed by atoms with Gasteiger partial charge in [-0.3, -0.25) is 0 Å². The smallest absolute Gasteiger partial charge is 0.213 e. The predicted molar refractivity (Wildman–Crippen MR) is 70.7 cm³/mol. The Balaban J connectivity index is 1.91. The second-order valence-electron chi connectivity index (χ2n) is 3.73. The summed E-state index contributed by atoms with van der Waals surface area (Å²) < 4.78 is 11.0. The Labute approximate surface area is 111 Å². The van der Waals surface area contributed by atoms with Crippen molar-refractivity contribution in [2.45, 2.75) is 26.6 Å². The molecule has 96 valence electrons. The molecule has 0 aliphatic rings. The van der Waals surface area contributed by atoms with Crippen molar-refractivity contribution in [1.82, 2.24) is 9.97 Å². The van der Waals surface area contributed by atoms with Crippen molar-refractivity contribution < 1.29 is 9.47 Å². The predicted octanol–water partition coefficient (Wildman–Crippen LogP) is 3.21. The molecule has 1 unspecified atom stereocenters. The molecule has 4 nitrogen and oxygen atoms in total. The van der Waals surface area contributed by atoms with Crippen molar-refractivity contribution in [1.29, 1.82) is 0 Å². The van der Waals surface area contributed by atoms with Crippen LogP contribution in [0.15, 0.2) is 29.8 Å². The van der Waals surface area contributed by atoms with Crippen LogP contribution in [-0.2, 0) is 11.3 Å². The summed E-state index contributed by atoms with van der Waals surface area (Å²) >= 11 is 1.60. The average molecular weight is 264 g/mol. The molecular formula is C13H16N2O2S. The lowest BCUT2D eigenvalue weighted by Crippen LogP contribution is -2.01. The molecule has 0 N–H and O–H groups in total. The summed E-state index contributed by atoms with van der Waals surface area (Å²) in [6.07, 6.45) is 1.75. The highest BCUT2D eigenvalue weighted by Crippen LogP contribution is 2.21. The number of hydrogen-bond acceptors (Lipinski definition) is 5. The molecule has 0 aliphatic carbocycles. The first kappa shape index (κ1) is 13.0. The maximum Gasteiger partial charge on any atom is 0.213 e. The molecule has 0 fully saturated rings. The molecule has 0 aliphatic heterocycles. The van der Waals surface area contributed by atoms with Crippen LogP contribution < -0.4 is 4.74 Å². The molecule has 0 saturated heterocycles. The molecular weight excluding hydrogens is 248 g/mol. The van der Waals surface area contributed by atoms with E-state index in [4.69, 9.17) is 9.47 Å². The van der Waals surface area contributed by atoms with Crippen LogP contribution in [0.4, 0.5) is 0 Å². The minimum Gasteiger partial charge on any atom is -0.471 e. The normalized spacial score (nSPS) is 12.3. The summed E-state index contributed by atoms with van der Waals surface area (Å²) in [7, 11) is 0. The average Bonchev–Trinajstić information content (AvgIpc) is 2.87. The summed E-state index contributed by atoms with van der Waals surface area (Å²) in [6, 6.07) is 5.58. The van der Waals surface area contributed by atoms with Crippen LogP contribution in [0.25, 0.3) is 0 Å². The van der Waals surface area contributed by atoms with E-state index in [2.05, 4.69) is 9.97 Å². The van der Waals surface area contributed by atoms with Crippen molar-refractivity contribution in [3.63, 3.8) is 0 Å². The maximum atomic E-state index is 5.54. The van der Waals surface area contributed by atoms with Crippen LogP contribution >= 0.6 is 11.3 Å². The molecule has 0 saturated carbocycles. The number of rotatable bonds is 6. The quantitative estimate of drug-likeness (QED) is 0.803. The van der Waals surface area contributed by atoms with Gasteiger partial charge in [-0.05, 0) is 19.9 Å². The van der Waals surface area contributed by atoms with Gasteiger partial charge in [0, 0.05) is 24.3 Å². The molecule has 2 aromatic heterocycles. The standard InChI is InChI=1S/C13H16N2O2S/c1-3-16-10(2)13-15-11(9-18-13)8-17-12-6-4-5-7-14-12/h4-7,9-10H,3,8H2,1-2H3. The monoisotopic (exact) mass is 264 g/mol. The topological polar surface area (TPSA) is 44.2 Å². The molecule has 5 heteroatoms. The Bertz CT molecular complexity index is 473. The van der Waals surface area contributed by atoms with Gasteiger partial charge in [0.05, 0.1) is 5.69 Å². The first-order valence-corrected chi connectivity index (χ1v) is 6.77. The molecule has 1 atom stereocenters. The molecule has 0 aromatic carbocycles. The molecule has 0 spiro atoms. The zero-order valence-corrected chi connectivity index (χ0v) is 11.3. The molecule has 2 aromatic rings. The summed E-state index contributed by atoms with van der Waals surface area (Å²) in [5.41, 5.74) is 0.909. The fraction of sp³-hybridized carbons (Fsp3) is 0.385. The number of ether oxygens (including phenoxy) is 2. The number of thiazole rings is 1. The first-order valence-electron chi connectivity index (χ1n) is 5.89. The maximum absolute atomic E-state index is 5.54. The third-order valence-corrected chi connectivity index (χ3v) is 3.39. The van der Waals surface area contributed by atoms with E-state index in [0.717, 1.165) is 10.7 Å². The molecule has 0 bridgehead atoms. The van der Waals surface area contributed by atoms with Gasteiger partial charge in [0.2, 0.25) is 5.88 Å². The van der Waals surface area contributed by atoms with Crippen LogP contribution in [0.2, 0.25) is 0 Å². The van der Waals surface area contributed by atoms with Gasteiger partial charge >= 0.3 is 0 Å². The Morgan fingerprint density at radius 3 is 3.00 bits per heavy atom. The van der Waals surface area contributed by atoms with Crippen LogP contribution in [-0.4, -0.2) is 16.6 Å². The Kier molecular flexibility index (Phi) is 4.66. The van der Waals surface area contributed by atoms with Crippen molar-refractivity contribution >= 4 is 11.3 Å². The zero-order chi connectivity index (χ0) is 12.8. The Hall–Kier alpha value is -1.46. The van der Waals surface area contributed by atoms with Gasteiger partial charge in [0.1, 0.15) is 17.7 Å². The van der Waals surface area contributed by atoms with Crippen LogP contribution in [0.3, 0.4) is 0 Å². The van der Waals surface area contributed by atoms with E-state index in [9.17, 15) is 0 Å². The van der Waals surface area contributed by atoms with E-state index < -0.39 is 0 Å². The van der Waals surface area contributed by atoms with Crippen molar-refractivity contribution in [2.75, 3.05) is 6.61 Å². The minimum absolute atomic E-state index is 0.0450. The van der Waals surface area contributed by atoms with Crippen molar-refractivity contribution in [3.8, 4) is 5.88 Å². The SMILES string of the molecule is CCOC(C)c1nc(COc2ccccn2)cs1. The minimum atomic E-state index is 0.0450. The van der Waals surface area contributed by atoms with E-state index in [1.165, 1.54) is 0 Å². The Morgan fingerprint density at radius 1 is 1.39 bits per heavy atom. The number of nitrogens with zero attached hydrogens (tertiary/aromatic N) is 2. The van der Waals surface area contributed by atoms with Crippen molar-refractivity contribution in [3.05, 3.63) is 40.5 Å². The van der Waals surface area contributed by atoms with Crippen LogP contribution in [0.1, 0.15) is 30.7 Å². The van der Waals surface area contributed by atoms with E-state index in [-0.39, 0.29) is 6.10 Å². The third kappa shape index (κ3) is 3.51. The van der Waals surface area contributed by atoms with Crippen LogP contribution in [0.5, 0.6) is 5.88 Å². The van der Waals surface area contributed by atoms with E-state index in [1.807, 2.05) is 37.4 Å². The number of pyridine rings is 1. The largest absolute Gasteiger partial charge is 0.471 e. The third-order valence-electron chi connectivity index (χ3n) is 2.34. The zero-order valence-electron chi connectivity index (χ0n) is 10.5. The van der Waals surface area contributed by atoms with Gasteiger partial charge in [-0.2, -0.15) is 0 Å². The summed E-state index contributed by atoms with van der Waals surface area (Å²) in [5.74, 6) is 0.616. The lowest BCUT2D eigenvalue weighted by molar-refractivity contribution is 0.0760. The van der Waals surface area contributed by atoms with Crippen LogP contribution in [0, 0.1) is 0 Å². The summed E-state index contributed by atoms with van der Waals surface area (Å²) in [4.78, 5) is 8.58. The van der Waals surface area contributed by atoms with Gasteiger partial charge in [-0.15, -0.1) is 11.3 Å². The summed E-state index contributed by atoms with van der Waals surface area (Å²) in [5, 5.41) is 2.98. The van der Waals surface area contributed by atoms with Gasteiger partial charge < -0.3 is 9.47 Å². The van der Waals surface area contributed by atoms with Gasteiger partial charge in [0.15, 0.2) is 0 Å². The van der Waals surface area contributed by atoms with Gasteiger partial charge in [0.25, 0.3) is 0 Å². The van der Waals surface area contributed by atoms with Crippen molar-refractivity contribution in [2.24, 2.45) is 0 Å². The van der Waals surface area contributed by atoms with Gasteiger partial charge in [-0.25, -0.2) is 9.97 Å². The fourth-order valence-electron chi connectivity index (χ4n) is 1.48. The molecule has 2 rings (SSSR count). The second-order valence-corrected chi connectivity index (χ2v) is 4.62. The highest BCUT2D eigenvalue weighted by atomic mass is 32.1.